The minimum Gasteiger partial charge on any atom is -0.326 e. The van der Waals surface area contributed by atoms with Crippen LogP contribution in [0.3, 0.4) is 0 Å². The van der Waals surface area contributed by atoms with E-state index in [0.717, 1.165) is 10.2 Å². The van der Waals surface area contributed by atoms with Crippen molar-refractivity contribution >= 4 is 11.6 Å². The Bertz CT molecular complexity index is 1140. The summed E-state index contributed by atoms with van der Waals surface area (Å²) in [6.07, 6.45) is -4.30. The van der Waals surface area contributed by atoms with Crippen LogP contribution in [-0.4, -0.2) is 22.2 Å². The van der Waals surface area contributed by atoms with Gasteiger partial charge in [0.2, 0.25) is 0 Å². The standard InChI is InChI=1S/C21H19F4N5O/c22-19-15-6-7-27-11-13(15)4-5-16(19)28-20(31)17-9-18(21(23,24)25)29-30(17)14-3-1-2-12(8-14)10-26/h1-5,8-9,27H,6-7,10-11,26H2,(H,28,31). The molecule has 1 aliphatic heterocycles. The summed E-state index contributed by atoms with van der Waals surface area (Å²) in [6.45, 7) is 1.28. The lowest BCUT2D eigenvalue weighted by atomic mass is 9.99. The van der Waals surface area contributed by atoms with Crippen molar-refractivity contribution < 1.29 is 22.4 Å². The molecule has 0 spiro atoms. The van der Waals surface area contributed by atoms with Gasteiger partial charge in [0.25, 0.3) is 5.91 Å². The summed E-state index contributed by atoms with van der Waals surface area (Å²) in [5.41, 5.74) is 6.07. The quantitative estimate of drug-likeness (QED) is 0.551. The molecule has 1 amide bonds. The van der Waals surface area contributed by atoms with Crippen molar-refractivity contribution in [3.8, 4) is 5.69 Å². The van der Waals surface area contributed by atoms with Crippen LogP contribution >= 0.6 is 0 Å². The summed E-state index contributed by atoms with van der Waals surface area (Å²) in [4.78, 5) is 12.9. The lowest BCUT2D eigenvalue weighted by molar-refractivity contribution is -0.141. The monoisotopic (exact) mass is 433 g/mol. The molecule has 2 heterocycles. The Morgan fingerprint density at radius 2 is 2.03 bits per heavy atom. The van der Waals surface area contributed by atoms with E-state index in [1.807, 2.05) is 0 Å². The van der Waals surface area contributed by atoms with Gasteiger partial charge in [-0.05, 0) is 47.9 Å². The number of anilines is 1. The molecule has 3 aromatic rings. The van der Waals surface area contributed by atoms with Gasteiger partial charge >= 0.3 is 6.18 Å². The highest BCUT2D eigenvalue weighted by molar-refractivity contribution is 6.03. The van der Waals surface area contributed by atoms with Gasteiger partial charge in [-0.15, -0.1) is 0 Å². The Morgan fingerprint density at radius 3 is 2.77 bits per heavy atom. The van der Waals surface area contributed by atoms with Gasteiger partial charge in [0.1, 0.15) is 11.5 Å². The van der Waals surface area contributed by atoms with E-state index in [-0.39, 0.29) is 23.6 Å². The highest BCUT2D eigenvalue weighted by atomic mass is 19.4. The highest BCUT2D eigenvalue weighted by Crippen LogP contribution is 2.30. The van der Waals surface area contributed by atoms with Gasteiger partial charge in [0.15, 0.2) is 5.69 Å². The number of nitrogens with one attached hydrogen (secondary N) is 2. The highest BCUT2D eigenvalue weighted by Gasteiger charge is 2.36. The maximum atomic E-state index is 14.9. The van der Waals surface area contributed by atoms with Gasteiger partial charge in [-0.1, -0.05) is 18.2 Å². The zero-order chi connectivity index (χ0) is 22.2. The smallest absolute Gasteiger partial charge is 0.326 e. The Kier molecular flexibility index (Phi) is 5.50. The van der Waals surface area contributed by atoms with Gasteiger partial charge in [-0.2, -0.15) is 18.3 Å². The van der Waals surface area contributed by atoms with Gasteiger partial charge < -0.3 is 16.4 Å². The Labute approximate surface area is 175 Å². The minimum atomic E-state index is -4.75. The predicted molar refractivity (Wildman–Crippen MR) is 106 cm³/mol. The molecule has 1 aromatic heterocycles. The Hall–Kier alpha value is -3.24. The van der Waals surface area contributed by atoms with Crippen LogP contribution in [0.15, 0.2) is 42.5 Å². The van der Waals surface area contributed by atoms with Crippen molar-refractivity contribution in [2.24, 2.45) is 5.73 Å². The van der Waals surface area contributed by atoms with Crippen molar-refractivity contribution in [1.29, 1.82) is 0 Å². The number of hydrogen-bond donors (Lipinski definition) is 3. The first-order chi connectivity index (χ1) is 14.8. The number of nitrogens with zero attached hydrogens (tertiary/aromatic N) is 2. The van der Waals surface area contributed by atoms with Crippen LogP contribution in [0.2, 0.25) is 0 Å². The number of fused-ring (bicyclic) bond motifs is 1. The zero-order valence-electron chi connectivity index (χ0n) is 16.3. The number of nitrogens with two attached hydrogens (primary N) is 1. The van der Waals surface area contributed by atoms with E-state index in [9.17, 15) is 22.4 Å². The number of halogens is 4. The SMILES string of the molecule is NCc1cccc(-n2nc(C(F)(F)F)cc2C(=O)Nc2ccc3c(c2F)CCNC3)c1. The molecule has 4 rings (SSSR count). The zero-order valence-corrected chi connectivity index (χ0v) is 16.3. The molecule has 10 heteroatoms. The largest absolute Gasteiger partial charge is 0.435 e. The van der Waals surface area contributed by atoms with Crippen LogP contribution in [0.4, 0.5) is 23.2 Å². The van der Waals surface area contributed by atoms with E-state index < -0.39 is 23.6 Å². The average Bonchev–Trinajstić information content (AvgIpc) is 3.22. The number of amides is 1. The van der Waals surface area contributed by atoms with Gasteiger partial charge in [0.05, 0.1) is 11.4 Å². The molecule has 31 heavy (non-hydrogen) atoms. The molecular weight excluding hydrogens is 414 g/mol. The summed E-state index contributed by atoms with van der Waals surface area (Å²) < 4.78 is 55.7. The van der Waals surface area contributed by atoms with Crippen LogP contribution in [-0.2, 0) is 25.7 Å². The number of aromatic nitrogens is 2. The van der Waals surface area contributed by atoms with Crippen molar-refractivity contribution in [1.82, 2.24) is 15.1 Å². The lowest BCUT2D eigenvalue weighted by Crippen LogP contribution is -2.25. The third-order valence-corrected chi connectivity index (χ3v) is 5.08. The van der Waals surface area contributed by atoms with Crippen LogP contribution < -0.4 is 16.4 Å². The number of carbonyl (C=O) groups is 1. The second kappa shape index (κ2) is 8.12. The summed E-state index contributed by atoms with van der Waals surface area (Å²) in [5, 5.41) is 9.09. The molecule has 0 atom stereocenters. The topological polar surface area (TPSA) is 85.0 Å². The molecule has 4 N–H and O–H groups in total. The van der Waals surface area contributed by atoms with E-state index in [2.05, 4.69) is 15.7 Å². The fraction of sp³-hybridized carbons (Fsp3) is 0.238. The number of benzene rings is 2. The third-order valence-electron chi connectivity index (χ3n) is 5.08. The molecule has 0 bridgehead atoms. The number of rotatable bonds is 4. The van der Waals surface area contributed by atoms with E-state index in [1.165, 1.54) is 18.2 Å². The minimum absolute atomic E-state index is 0.0948. The van der Waals surface area contributed by atoms with E-state index in [4.69, 9.17) is 5.73 Å². The van der Waals surface area contributed by atoms with Crippen LogP contribution in [0.1, 0.15) is 32.9 Å². The third kappa shape index (κ3) is 4.17. The number of hydrogen-bond acceptors (Lipinski definition) is 4. The first kappa shape index (κ1) is 21.0. The second-order valence-electron chi connectivity index (χ2n) is 7.14. The molecule has 0 radical (unpaired) electrons. The maximum absolute atomic E-state index is 14.9. The van der Waals surface area contributed by atoms with E-state index in [0.29, 0.717) is 36.7 Å². The normalized spacial score (nSPS) is 13.7. The molecule has 0 unspecified atom stereocenters. The fourth-order valence-electron chi connectivity index (χ4n) is 3.51. The Morgan fingerprint density at radius 1 is 1.23 bits per heavy atom. The molecule has 1 aliphatic rings. The Balaban J connectivity index is 1.73. The van der Waals surface area contributed by atoms with Crippen LogP contribution in [0.5, 0.6) is 0 Å². The molecule has 162 valence electrons. The van der Waals surface area contributed by atoms with E-state index >= 15 is 0 Å². The molecule has 0 fully saturated rings. The van der Waals surface area contributed by atoms with Crippen LogP contribution in [0.25, 0.3) is 5.69 Å². The van der Waals surface area contributed by atoms with Crippen molar-refractivity contribution in [3.63, 3.8) is 0 Å². The fourth-order valence-corrected chi connectivity index (χ4v) is 3.51. The number of carbonyl (C=O) groups excluding carboxylic acids is 1. The average molecular weight is 433 g/mol. The van der Waals surface area contributed by atoms with Gasteiger partial charge in [-0.3, -0.25) is 4.79 Å². The summed E-state index contributed by atoms with van der Waals surface area (Å²) >= 11 is 0. The van der Waals surface area contributed by atoms with Gasteiger partial charge in [-0.25, -0.2) is 9.07 Å². The molecule has 0 saturated carbocycles. The first-order valence-corrected chi connectivity index (χ1v) is 9.57. The molecule has 0 saturated heterocycles. The number of alkyl halides is 3. The summed E-state index contributed by atoms with van der Waals surface area (Å²) in [5.74, 6) is -1.49. The van der Waals surface area contributed by atoms with Crippen molar-refractivity contribution in [3.05, 3.63) is 76.4 Å². The van der Waals surface area contributed by atoms with Crippen LogP contribution in [0, 0.1) is 5.82 Å². The summed E-state index contributed by atoms with van der Waals surface area (Å²) in [7, 11) is 0. The molecule has 0 aliphatic carbocycles. The lowest BCUT2D eigenvalue weighted by Gasteiger charge is -2.19. The second-order valence-corrected chi connectivity index (χ2v) is 7.14. The molecule has 2 aromatic carbocycles. The molecule has 6 nitrogen and oxygen atoms in total. The maximum Gasteiger partial charge on any atom is 0.435 e. The predicted octanol–water partition coefficient (Wildman–Crippen LogP) is 3.39. The van der Waals surface area contributed by atoms with Gasteiger partial charge in [0, 0.05) is 19.2 Å². The summed E-state index contributed by atoms with van der Waals surface area (Å²) in [6, 6.07) is 10.1. The van der Waals surface area contributed by atoms with Crippen molar-refractivity contribution in [2.45, 2.75) is 25.7 Å². The first-order valence-electron chi connectivity index (χ1n) is 9.57. The molecular formula is C21H19F4N5O. The van der Waals surface area contributed by atoms with E-state index in [1.54, 1.807) is 18.2 Å². The van der Waals surface area contributed by atoms with Crippen molar-refractivity contribution in [2.75, 3.05) is 11.9 Å².